The summed E-state index contributed by atoms with van der Waals surface area (Å²) < 4.78 is 14.9. The quantitative estimate of drug-likeness (QED) is 0.191. The highest BCUT2D eigenvalue weighted by molar-refractivity contribution is 6.10. The summed E-state index contributed by atoms with van der Waals surface area (Å²) in [6.07, 6.45) is 0. The summed E-state index contributed by atoms with van der Waals surface area (Å²) >= 11 is 0. The minimum atomic E-state index is -0.0495. The van der Waals surface area contributed by atoms with Crippen molar-refractivity contribution < 1.29 is 8.83 Å². The number of anilines is 3. The molecule has 0 bridgehead atoms. The van der Waals surface area contributed by atoms with Crippen LogP contribution in [0.1, 0.15) is 20.8 Å². The van der Waals surface area contributed by atoms with Crippen LogP contribution in [0.3, 0.4) is 0 Å². The van der Waals surface area contributed by atoms with Crippen LogP contribution in [0.4, 0.5) is 17.1 Å². The number of fused-ring (bicyclic) bond motifs is 9. The molecule has 240 valence electrons. The number of benzene rings is 7. The van der Waals surface area contributed by atoms with E-state index in [1.54, 1.807) is 0 Å². The van der Waals surface area contributed by atoms with Gasteiger partial charge in [0.05, 0.1) is 0 Å². The van der Waals surface area contributed by atoms with Gasteiger partial charge in [0.2, 0.25) is 0 Å². The summed E-state index contributed by atoms with van der Waals surface area (Å²) in [4.78, 5) is 2.34. The summed E-state index contributed by atoms with van der Waals surface area (Å²) in [5.74, 6) is 0. The van der Waals surface area contributed by atoms with E-state index in [4.69, 9.17) is 8.83 Å². The van der Waals surface area contributed by atoms with Crippen molar-refractivity contribution in [3.63, 3.8) is 0 Å². The van der Waals surface area contributed by atoms with Crippen LogP contribution >= 0.6 is 0 Å². The Bertz CT molecular complexity index is 2820. The van der Waals surface area contributed by atoms with E-state index in [1.807, 2.05) is 24.3 Å². The average Bonchev–Trinajstić information content (AvgIpc) is 3.81. The number of furan rings is 2. The van der Waals surface area contributed by atoms with Crippen molar-refractivity contribution in [3.05, 3.63) is 152 Å². The molecule has 10 rings (SSSR count). The molecule has 4 heteroatoms. The Morgan fingerprint density at radius 3 is 1.56 bits per heavy atom. The number of hydrogen-bond donors (Lipinski definition) is 0. The first-order valence-electron chi connectivity index (χ1n) is 17.2. The fourth-order valence-electron chi connectivity index (χ4n) is 7.85. The van der Waals surface area contributed by atoms with Gasteiger partial charge in [-0.3, -0.25) is 0 Å². The van der Waals surface area contributed by atoms with Crippen molar-refractivity contribution in [2.45, 2.75) is 26.3 Å². The third-order valence-electron chi connectivity index (χ3n) is 10.0. The molecular formula is C46H34N2O2. The first-order valence-corrected chi connectivity index (χ1v) is 17.2. The maximum atomic E-state index is 6.23. The van der Waals surface area contributed by atoms with Crippen molar-refractivity contribution in [1.29, 1.82) is 0 Å². The normalized spacial score (nSPS) is 12.3. The Labute approximate surface area is 289 Å². The molecule has 7 aromatic carbocycles. The van der Waals surface area contributed by atoms with Gasteiger partial charge in [-0.15, -0.1) is 0 Å². The lowest BCUT2D eigenvalue weighted by Gasteiger charge is -2.26. The van der Waals surface area contributed by atoms with Gasteiger partial charge in [0.1, 0.15) is 22.3 Å². The molecule has 0 N–H and O–H groups in total. The summed E-state index contributed by atoms with van der Waals surface area (Å²) in [7, 11) is 0. The van der Waals surface area contributed by atoms with Crippen LogP contribution in [-0.2, 0) is 5.54 Å². The highest BCUT2D eigenvalue weighted by Crippen LogP contribution is 2.43. The SMILES string of the molecule is CC(C)(C)n1c2ccccc2c2cc(-c3cccc(N(c4ccc5oc6ccccc6c5c4)c4ccc5oc6ccccc6c5c4)c3)ccc21. The molecule has 0 saturated carbocycles. The standard InChI is InChI=1S/C46H34N2O2/c1-46(2,3)48-40-16-7-4-13-34(40)37-26-30(19-22-41(37)48)29-11-10-12-31(25-29)47(32-20-23-44-38(27-32)35-14-5-8-17-42(35)49-44)33-21-24-45-39(28-33)36-15-6-9-18-43(36)50-45/h4-28H,1-3H3. The molecule has 0 atom stereocenters. The maximum absolute atomic E-state index is 6.23. The Balaban J connectivity index is 1.17. The second-order valence-electron chi connectivity index (χ2n) is 14.2. The molecule has 4 nitrogen and oxygen atoms in total. The molecule has 3 aromatic heterocycles. The van der Waals surface area contributed by atoms with Crippen LogP contribution in [-0.4, -0.2) is 4.57 Å². The average molecular weight is 647 g/mol. The van der Waals surface area contributed by atoms with Gasteiger partial charge in [-0.25, -0.2) is 0 Å². The zero-order chi connectivity index (χ0) is 33.6. The Morgan fingerprint density at radius 2 is 0.920 bits per heavy atom. The van der Waals surface area contributed by atoms with E-state index < -0.39 is 0 Å². The van der Waals surface area contributed by atoms with E-state index >= 15 is 0 Å². The van der Waals surface area contributed by atoms with Crippen LogP contribution in [0.5, 0.6) is 0 Å². The van der Waals surface area contributed by atoms with Crippen LogP contribution in [0.25, 0.3) is 76.8 Å². The van der Waals surface area contributed by atoms with E-state index in [9.17, 15) is 0 Å². The summed E-state index contributed by atoms with van der Waals surface area (Å²) in [6, 6.07) is 54.0. The fourth-order valence-corrected chi connectivity index (χ4v) is 7.85. The second kappa shape index (κ2) is 10.6. The molecule has 0 unspecified atom stereocenters. The molecule has 0 radical (unpaired) electrons. The summed E-state index contributed by atoms with van der Waals surface area (Å²) in [5, 5.41) is 6.95. The maximum Gasteiger partial charge on any atom is 0.135 e. The third-order valence-corrected chi connectivity index (χ3v) is 10.0. The Morgan fingerprint density at radius 1 is 0.400 bits per heavy atom. The number of nitrogens with zero attached hydrogens (tertiary/aromatic N) is 2. The largest absolute Gasteiger partial charge is 0.456 e. The van der Waals surface area contributed by atoms with Gasteiger partial charge in [-0.05, 0) is 111 Å². The van der Waals surface area contributed by atoms with Crippen LogP contribution in [0, 0.1) is 0 Å². The van der Waals surface area contributed by atoms with Crippen LogP contribution < -0.4 is 4.90 Å². The van der Waals surface area contributed by atoms with Gasteiger partial charge in [0, 0.05) is 66.0 Å². The van der Waals surface area contributed by atoms with Gasteiger partial charge < -0.3 is 18.3 Å². The predicted octanol–water partition coefficient (Wildman–Crippen LogP) is 13.5. The number of hydrogen-bond acceptors (Lipinski definition) is 3. The Kier molecular flexibility index (Phi) is 6.10. The van der Waals surface area contributed by atoms with Crippen molar-refractivity contribution in [2.24, 2.45) is 0 Å². The van der Waals surface area contributed by atoms with Crippen molar-refractivity contribution in [3.8, 4) is 11.1 Å². The monoisotopic (exact) mass is 646 g/mol. The second-order valence-corrected chi connectivity index (χ2v) is 14.2. The minimum absolute atomic E-state index is 0.0495. The molecule has 0 aliphatic rings. The molecule has 0 spiro atoms. The van der Waals surface area contributed by atoms with Crippen molar-refractivity contribution in [1.82, 2.24) is 4.57 Å². The highest BCUT2D eigenvalue weighted by Gasteiger charge is 2.22. The number of para-hydroxylation sites is 3. The zero-order valence-electron chi connectivity index (χ0n) is 28.1. The topological polar surface area (TPSA) is 34.5 Å². The van der Waals surface area contributed by atoms with Gasteiger partial charge in [0.25, 0.3) is 0 Å². The van der Waals surface area contributed by atoms with E-state index in [2.05, 4.69) is 158 Å². The molecule has 0 aliphatic heterocycles. The number of rotatable bonds is 4. The number of aromatic nitrogens is 1. The highest BCUT2D eigenvalue weighted by atomic mass is 16.3. The third kappa shape index (κ3) is 4.38. The lowest BCUT2D eigenvalue weighted by atomic mass is 10.0. The predicted molar refractivity (Wildman–Crippen MR) is 209 cm³/mol. The molecule has 0 aliphatic carbocycles. The first-order chi connectivity index (χ1) is 24.4. The van der Waals surface area contributed by atoms with Crippen LogP contribution in [0.2, 0.25) is 0 Å². The smallest absolute Gasteiger partial charge is 0.135 e. The van der Waals surface area contributed by atoms with E-state index in [0.717, 1.165) is 66.5 Å². The molecule has 0 fully saturated rings. The fraction of sp³-hybridized carbons (Fsp3) is 0.0870. The molecule has 0 amide bonds. The molecular weight excluding hydrogens is 613 g/mol. The van der Waals surface area contributed by atoms with E-state index in [1.165, 1.54) is 27.4 Å². The lowest BCUT2D eigenvalue weighted by molar-refractivity contribution is 0.423. The summed E-state index contributed by atoms with van der Waals surface area (Å²) in [5.41, 5.74) is 11.5. The van der Waals surface area contributed by atoms with Gasteiger partial charge in [0.15, 0.2) is 0 Å². The first kappa shape index (κ1) is 28.7. The van der Waals surface area contributed by atoms with Crippen molar-refractivity contribution in [2.75, 3.05) is 4.90 Å². The van der Waals surface area contributed by atoms with Gasteiger partial charge in [-0.2, -0.15) is 0 Å². The zero-order valence-corrected chi connectivity index (χ0v) is 28.1. The minimum Gasteiger partial charge on any atom is -0.456 e. The molecule has 10 aromatic rings. The Hall–Kier alpha value is -6.26. The summed E-state index contributed by atoms with van der Waals surface area (Å²) in [6.45, 7) is 6.83. The van der Waals surface area contributed by atoms with Crippen LogP contribution in [0.15, 0.2) is 160 Å². The van der Waals surface area contributed by atoms with Gasteiger partial charge in [-0.1, -0.05) is 72.8 Å². The molecule has 50 heavy (non-hydrogen) atoms. The molecule has 0 saturated heterocycles. The van der Waals surface area contributed by atoms with Gasteiger partial charge >= 0.3 is 0 Å². The van der Waals surface area contributed by atoms with Crippen molar-refractivity contribution >= 4 is 82.7 Å². The van der Waals surface area contributed by atoms with E-state index in [-0.39, 0.29) is 5.54 Å². The lowest BCUT2D eigenvalue weighted by Crippen LogP contribution is -2.21. The molecule has 3 heterocycles. The van der Waals surface area contributed by atoms with E-state index in [0.29, 0.717) is 0 Å².